The molecule has 0 unspecified atom stereocenters. The first-order chi connectivity index (χ1) is 13.8. The molecule has 0 aliphatic carbocycles. The summed E-state index contributed by atoms with van der Waals surface area (Å²) in [4.78, 5) is 43.9. The summed E-state index contributed by atoms with van der Waals surface area (Å²) in [6.45, 7) is 0. The minimum Gasteiger partial charge on any atom is -0.478 e. The smallest absolute Gasteiger partial charge is 0.328 e. The van der Waals surface area contributed by atoms with Crippen molar-refractivity contribution in [2.75, 3.05) is 10.6 Å². The van der Waals surface area contributed by atoms with Gasteiger partial charge in [0.25, 0.3) is 0 Å². The predicted octanol–water partition coefficient (Wildman–Crippen LogP) is 2.44. The third-order valence-corrected chi connectivity index (χ3v) is 3.61. The Morgan fingerprint density at radius 1 is 0.621 bits per heavy atom. The van der Waals surface area contributed by atoms with Crippen LogP contribution in [0.2, 0.25) is 0 Å². The Kier molecular flexibility index (Phi) is 7.43. The van der Waals surface area contributed by atoms with Gasteiger partial charge in [-0.3, -0.25) is 9.59 Å². The molecule has 0 radical (unpaired) electrons. The fourth-order valence-electron chi connectivity index (χ4n) is 2.31. The van der Waals surface area contributed by atoms with Crippen LogP contribution in [0, 0.1) is 0 Å². The van der Waals surface area contributed by atoms with E-state index in [0.717, 1.165) is 35.4 Å². The maximum atomic E-state index is 11.6. The summed E-state index contributed by atoms with van der Waals surface area (Å²) in [5, 5.41) is 22.1. The lowest BCUT2D eigenvalue weighted by atomic mass is 10.0. The summed E-state index contributed by atoms with van der Waals surface area (Å²) in [6.07, 6.45) is 4.03. The first kappa shape index (κ1) is 21.1. The number of benzene rings is 2. The van der Waals surface area contributed by atoms with Gasteiger partial charge >= 0.3 is 11.9 Å². The van der Waals surface area contributed by atoms with Crippen LogP contribution in [-0.4, -0.2) is 34.0 Å². The predicted molar refractivity (Wildman–Crippen MR) is 107 cm³/mol. The average Bonchev–Trinajstić information content (AvgIpc) is 2.68. The number of nitrogens with one attached hydrogen (secondary N) is 2. The molecule has 0 fully saturated rings. The summed E-state index contributed by atoms with van der Waals surface area (Å²) in [5.41, 5.74) is 3.07. The molecule has 2 aromatic rings. The lowest BCUT2D eigenvalue weighted by Crippen LogP contribution is -2.08. The molecular formula is C21H18N2O6. The normalized spacial score (nSPS) is 10.8. The Labute approximate surface area is 166 Å². The molecule has 0 aliphatic rings. The number of hydrogen-bond acceptors (Lipinski definition) is 4. The van der Waals surface area contributed by atoms with Gasteiger partial charge in [0.2, 0.25) is 11.8 Å². The highest BCUT2D eigenvalue weighted by Crippen LogP contribution is 2.16. The Balaban J connectivity index is 1.91. The van der Waals surface area contributed by atoms with Crippen LogP contribution in [0.4, 0.5) is 11.4 Å². The molecule has 8 nitrogen and oxygen atoms in total. The third-order valence-electron chi connectivity index (χ3n) is 3.61. The van der Waals surface area contributed by atoms with Gasteiger partial charge in [-0.05, 0) is 41.8 Å². The van der Waals surface area contributed by atoms with Gasteiger partial charge in [-0.2, -0.15) is 0 Å². The average molecular weight is 394 g/mol. The van der Waals surface area contributed by atoms with Crippen LogP contribution in [0.15, 0.2) is 72.8 Å². The molecule has 2 aromatic carbocycles. The molecule has 148 valence electrons. The zero-order valence-electron chi connectivity index (χ0n) is 15.2. The van der Waals surface area contributed by atoms with E-state index in [0.29, 0.717) is 17.8 Å². The molecule has 0 saturated carbocycles. The Morgan fingerprint density at radius 2 is 0.966 bits per heavy atom. The SMILES string of the molecule is O=C(O)C=CC(=O)Nc1ccc(Cc2ccc(NC(=O)C=CC(=O)O)cc2)cc1. The quantitative estimate of drug-likeness (QED) is 0.508. The van der Waals surface area contributed by atoms with Gasteiger partial charge in [0.05, 0.1) is 0 Å². The number of carbonyl (C=O) groups is 4. The number of anilines is 2. The molecule has 4 N–H and O–H groups in total. The summed E-state index contributed by atoms with van der Waals surface area (Å²) in [7, 11) is 0. The highest BCUT2D eigenvalue weighted by molar-refractivity contribution is 6.02. The number of aliphatic carboxylic acids is 2. The molecule has 0 bridgehead atoms. The topological polar surface area (TPSA) is 133 Å². The van der Waals surface area contributed by atoms with Gasteiger partial charge in [-0.15, -0.1) is 0 Å². The van der Waals surface area contributed by atoms with Crippen molar-refractivity contribution in [1.82, 2.24) is 0 Å². The zero-order chi connectivity index (χ0) is 21.2. The van der Waals surface area contributed by atoms with Crippen molar-refractivity contribution in [3.63, 3.8) is 0 Å². The van der Waals surface area contributed by atoms with Crippen molar-refractivity contribution < 1.29 is 29.4 Å². The second-order valence-electron chi connectivity index (χ2n) is 5.89. The van der Waals surface area contributed by atoms with E-state index in [9.17, 15) is 19.2 Å². The number of carboxylic acid groups (broad SMARTS) is 2. The largest absolute Gasteiger partial charge is 0.478 e. The molecule has 0 aliphatic heterocycles. The molecule has 2 rings (SSSR count). The van der Waals surface area contributed by atoms with Gasteiger partial charge in [0.15, 0.2) is 0 Å². The van der Waals surface area contributed by atoms with Gasteiger partial charge in [0.1, 0.15) is 0 Å². The number of carboxylic acids is 2. The Bertz CT molecular complexity index is 880. The monoisotopic (exact) mass is 394 g/mol. The first-order valence-electron chi connectivity index (χ1n) is 8.43. The zero-order valence-corrected chi connectivity index (χ0v) is 15.2. The van der Waals surface area contributed by atoms with Crippen LogP contribution in [0.3, 0.4) is 0 Å². The molecule has 0 saturated heterocycles. The molecule has 0 aromatic heterocycles. The van der Waals surface area contributed by atoms with Crippen LogP contribution in [-0.2, 0) is 25.6 Å². The van der Waals surface area contributed by atoms with E-state index < -0.39 is 23.8 Å². The van der Waals surface area contributed by atoms with Gasteiger partial charge in [0, 0.05) is 35.7 Å². The highest BCUT2D eigenvalue weighted by Gasteiger charge is 2.02. The third kappa shape index (κ3) is 7.92. The van der Waals surface area contributed by atoms with E-state index in [1.807, 2.05) is 24.3 Å². The minimum atomic E-state index is -1.20. The van der Waals surface area contributed by atoms with Crippen LogP contribution in [0.1, 0.15) is 11.1 Å². The molecule has 0 atom stereocenters. The summed E-state index contributed by atoms with van der Waals surface area (Å²) >= 11 is 0. The van der Waals surface area contributed by atoms with Gasteiger partial charge in [-0.25, -0.2) is 9.59 Å². The van der Waals surface area contributed by atoms with Crippen molar-refractivity contribution in [2.24, 2.45) is 0 Å². The summed E-state index contributed by atoms with van der Waals surface area (Å²) in [5.74, 6) is -3.46. The van der Waals surface area contributed by atoms with Crippen LogP contribution < -0.4 is 10.6 Å². The number of hydrogen-bond donors (Lipinski definition) is 4. The van der Waals surface area contributed by atoms with Crippen LogP contribution >= 0.6 is 0 Å². The second kappa shape index (κ2) is 10.2. The van der Waals surface area contributed by atoms with E-state index in [1.165, 1.54) is 0 Å². The summed E-state index contributed by atoms with van der Waals surface area (Å²) in [6, 6.07) is 14.2. The summed E-state index contributed by atoms with van der Waals surface area (Å²) < 4.78 is 0. The van der Waals surface area contributed by atoms with E-state index in [-0.39, 0.29) is 0 Å². The highest BCUT2D eigenvalue weighted by atomic mass is 16.4. The molecule has 2 amide bonds. The number of carbonyl (C=O) groups excluding carboxylic acids is 2. The molecule has 8 heteroatoms. The number of rotatable bonds is 8. The van der Waals surface area contributed by atoms with Gasteiger partial charge in [-0.1, -0.05) is 24.3 Å². The van der Waals surface area contributed by atoms with E-state index in [1.54, 1.807) is 24.3 Å². The minimum absolute atomic E-state index is 0.531. The lowest BCUT2D eigenvalue weighted by molar-refractivity contribution is -0.132. The maximum absolute atomic E-state index is 11.6. The van der Waals surface area contributed by atoms with E-state index >= 15 is 0 Å². The Hall–Kier alpha value is -4.20. The second-order valence-corrected chi connectivity index (χ2v) is 5.89. The maximum Gasteiger partial charge on any atom is 0.328 e. The fourth-order valence-corrected chi connectivity index (χ4v) is 2.31. The van der Waals surface area contributed by atoms with Gasteiger partial charge < -0.3 is 20.8 Å². The molecule has 0 heterocycles. The number of amides is 2. The van der Waals surface area contributed by atoms with E-state index in [2.05, 4.69) is 10.6 Å². The van der Waals surface area contributed by atoms with Crippen molar-refractivity contribution in [3.8, 4) is 0 Å². The molecule has 29 heavy (non-hydrogen) atoms. The van der Waals surface area contributed by atoms with Crippen molar-refractivity contribution >= 4 is 35.1 Å². The van der Waals surface area contributed by atoms with Crippen molar-refractivity contribution in [1.29, 1.82) is 0 Å². The van der Waals surface area contributed by atoms with Crippen molar-refractivity contribution in [2.45, 2.75) is 6.42 Å². The Morgan fingerprint density at radius 3 is 1.28 bits per heavy atom. The molecular weight excluding hydrogens is 376 g/mol. The van der Waals surface area contributed by atoms with Crippen molar-refractivity contribution in [3.05, 3.63) is 84.0 Å². The van der Waals surface area contributed by atoms with E-state index in [4.69, 9.17) is 10.2 Å². The van der Waals surface area contributed by atoms with Crippen LogP contribution in [0.25, 0.3) is 0 Å². The van der Waals surface area contributed by atoms with Crippen LogP contribution in [0.5, 0.6) is 0 Å². The lowest BCUT2D eigenvalue weighted by Gasteiger charge is -2.07. The standard InChI is InChI=1S/C21H18N2O6/c24-18(9-11-20(26)27)22-16-5-1-14(2-6-16)13-15-3-7-17(8-4-15)23-19(25)10-12-21(28)29/h1-12H,13H2,(H,22,24)(H,23,25)(H,26,27)(H,28,29). The first-order valence-corrected chi connectivity index (χ1v) is 8.43. The molecule has 0 spiro atoms. The fraction of sp³-hybridized carbons (Fsp3) is 0.0476.